The second kappa shape index (κ2) is 5.60. The molecule has 1 aliphatic heterocycles. The van der Waals surface area contributed by atoms with E-state index in [1.807, 2.05) is 0 Å². The zero-order chi connectivity index (χ0) is 12.3. The van der Waals surface area contributed by atoms with Crippen molar-refractivity contribution in [3.63, 3.8) is 0 Å². The van der Waals surface area contributed by atoms with Crippen LogP contribution in [0.25, 0.3) is 0 Å². The van der Waals surface area contributed by atoms with Gasteiger partial charge in [0.1, 0.15) is 4.88 Å². The fraction of sp³-hybridized carbons (Fsp3) is 0.667. The Hall–Kier alpha value is -0.940. The van der Waals surface area contributed by atoms with Crippen molar-refractivity contribution in [3.8, 4) is 0 Å². The Morgan fingerprint density at radius 2 is 2.29 bits per heavy atom. The van der Waals surface area contributed by atoms with Gasteiger partial charge in [-0.05, 0) is 31.8 Å². The van der Waals surface area contributed by atoms with E-state index < -0.39 is 5.97 Å². The number of hydrogen-bond acceptors (Lipinski definition) is 4. The molecule has 0 amide bonds. The Morgan fingerprint density at radius 1 is 1.59 bits per heavy atom. The Morgan fingerprint density at radius 3 is 2.88 bits per heavy atom. The van der Waals surface area contributed by atoms with Crippen molar-refractivity contribution < 1.29 is 9.90 Å². The highest BCUT2D eigenvalue weighted by atomic mass is 32.1. The zero-order valence-corrected chi connectivity index (χ0v) is 10.9. The molecule has 0 spiro atoms. The number of rotatable bonds is 4. The summed E-state index contributed by atoms with van der Waals surface area (Å²) in [5, 5.41) is 9.74. The SMILES string of the molecule is CC1CCN(CCc2ncc(C(=O)O)s2)CC1. The number of aromatic carboxylic acids is 1. The standard InChI is InChI=1S/C12H18N2O2S/c1-9-2-5-14(6-3-9)7-4-11-13-8-10(17-11)12(15)16/h8-9H,2-7H2,1H3,(H,15,16). The van der Waals surface area contributed by atoms with E-state index in [1.54, 1.807) is 0 Å². The van der Waals surface area contributed by atoms with Gasteiger partial charge < -0.3 is 10.0 Å². The summed E-state index contributed by atoms with van der Waals surface area (Å²) in [4.78, 5) is 17.7. The minimum Gasteiger partial charge on any atom is -0.477 e. The molecule has 1 aliphatic rings. The molecule has 94 valence electrons. The molecule has 0 bridgehead atoms. The van der Waals surface area contributed by atoms with Crippen molar-refractivity contribution in [2.45, 2.75) is 26.2 Å². The van der Waals surface area contributed by atoms with Crippen molar-refractivity contribution in [1.29, 1.82) is 0 Å². The number of carbonyl (C=O) groups is 1. The molecule has 0 aromatic carbocycles. The first kappa shape index (κ1) is 12.5. The van der Waals surface area contributed by atoms with Crippen LogP contribution in [0.1, 0.15) is 34.4 Å². The van der Waals surface area contributed by atoms with Crippen molar-refractivity contribution in [2.75, 3.05) is 19.6 Å². The summed E-state index contributed by atoms with van der Waals surface area (Å²) in [6, 6.07) is 0. The molecule has 2 rings (SSSR count). The Balaban J connectivity index is 1.79. The number of likely N-dealkylation sites (tertiary alicyclic amines) is 1. The normalized spacial score (nSPS) is 18.4. The lowest BCUT2D eigenvalue weighted by atomic mass is 9.99. The molecule has 2 heterocycles. The Kier molecular flexibility index (Phi) is 4.12. The fourth-order valence-corrected chi connectivity index (χ4v) is 2.81. The molecule has 0 radical (unpaired) electrons. The van der Waals surface area contributed by atoms with Crippen molar-refractivity contribution in [1.82, 2.24) is 9.88 Å². The number of carboxylic acids is 1. The van der Waals surface area contributed by atoms with Gasteiger partial charge >= 0.3 is 5.97 Å². The molecule has 1 aromatic rings. The van der Waals surface area contributed by atoms with Crippen LogP contribution < -0.4 is 0 Å². The minimum absolute atomic E-state index is 0.340. The van der Waals surface area contributed by atoms with Gasteiger partial charge in [0.05, 0.1) is 11.2 Å². The Labute approximate surface area is 105 Å². The average molecular weight is 254 g/mol. The lowest BCUT2D eigenvalue weighted by Crippen LogP contribution is -2.34. The fourth-order valence-electron chi connectivity index (χ4n) is 2.06. The predicted molar refractivity (Wildman–Crippen MR) is 67.6 cm³/mol. The summed E-state index contributed by atoms with van der Waals surface area (Å²) in [5.74, 6) is -0.0229. The van der Waals surface area contributed by atoms with Crippen molar-refractivity contribution in [2.24, 2.45) is 5.92 Å². The van der Waals surface area contributed by atoms with Crippen LogP contribution in [0, 0.1) is 5.92 Å². The highest BCUT2D eigenvalue weighted by Crippen LogP contribution is 2.18. The van der Waals surface area contributed by atoms with Gasteiger partial charge in [-0.15, -0.1) is 11.3 Å². The monoisotopic (exact) mass is 254 g/mol. The van der Waals surface area contributed by atoms with Crippen LogP contribution >= 0.6 is 11.3 Å². The van der Waals surface area contributed by atoms with E-state index in [-0.39, 0.29) is 0 Å². The minimum atomic E-state index is -0.874. The molecule has 0 unspecified atom stereocenters. The van der Waals surface area contributed by atoms with Gasteiger partial charge in [-0.2, -0.15) is 0 Å². The van der Waals surface area contributed by atoms with Gasteiger partial charge in [-0.3, -0.25) is 0 Å². The summed E-state index contributed by atoms with van der Waals surface area (Å²) in [5.41, 5.74) is 0. The molecule has 1 aromatic heterocycles. The molecule has 1 fully saturated rings. The number of piperidine rings is 1. The van der Waals surface area contributed by atoms with Crippen LogP contribution in [0.15, 0.2) is 6.20 Å². The molecule has 4 nitrogen and oxygen atoms in total. The van der Waals surface area contributed by atoms with E-state index in [0.717, 1.165) is 23.9 Å². The largest absolute Gasteiger partial charge is 0.477 e. The molecule has 1 saturated heterocycles. The van der Waals surface area contributed by atoms with Gasteiger partial charge in [-0.25, -0.2) is 9.78 Å². The third-order valence-electron chi connectivity index (χ3n) is 3.28. The number of thiazole rings is 1. The third-order valence-corrected chi connectivity index (χ3v) is 4.33. The zero-order valence-electron chi connectivity index (χ0n) is 10.1. The first-order valence-electron chi connectivity index (χ1n) is 6.05. The third kappa shape index (κ3) is 3.51. The van der Waals surface area contributed by atoms with E-state index >= 15 is 0 Å². The average Bonchev–Trinajstić information content (AvgIpc) is 2.77. The summed E-state index contributed by atoms with van der Waals surface area (Å²) in [6.45, 7) is 5.63. The van der Waals surface area contributed by atoms with Crippen LogP contribution in [0.3, 0.4) is 0 Å². The van der Waals surface area contributed by atoms with Gasteiger partial charge in [0, 0.05) is 13.0 Å². The lowest BCUT2D eigenvalue weighted by Gasteiger charge is -2.29. The lowest BCUT2D eigenvalue weighted by molar-refractivity contribution is 0.0702. The van der Waals surface area contributed by atoms with Gasteiger partial charge in [0.15, 0.2) is 0 Å². The molecule has 0 aliphatic carbocycles. The van der Waals surface area contributed by atoms with Crippen molar-refractivity contribution in [3.05, 3.63) is 16.1 Å². The molecule has 0 atom stereocenters. The van der Waals surface area contributed by atoms with Crippen LogP contribution in [0.4, 0.5) is 0 Å². The summed E-state index contributed by atoms with van der Waals surface area (Å²) in [7, 11) is 0. The van der Waals surface area contributed by atoms with Crippen LogP contribution in [0.5, 0.6) is 0 Å². The number of aromatic nitrogens is 1. The van der Waals surface area contributed by atoms with E-state index in [1.165, 1.54) is 43.5 Å². The molecule has 1 N–H and O–H groups in total. The van der Waals surface area contributed by atoms with E-state index in [9.17, 15) is 4.79 Å². The summed E-state index contributed by atoms with van der Waals surface area (Å²) in [6.07, 6.45) is 4.88. The highest BCUT2D eigenvalue weighted by molar-refractivity contribution is 7.13. The number of hydrogen-bond donors (Lipinski definition) is 1. The second-order valence-electron chi connectivity index (χ2n) is 4.70. The smallest absolute Gasteiger partial charge is 0.347 e. The summed E-state index contributed by atoms with van der Waals surface area (Å²) < 4.78 is 0. The van der Waals surface area contributed by atoms with E-state index in [0.29, 0.717) is 4.88 Å². The predicted octanol–water partition coefficient (Wildman–Crippen LogP) is 2.12. The van der Waals surface area contributed by atoms with Crippen LogP contribution in [-0.4, -0.2) is 40.6 Å². The molecular weight excluding hydrogens is 236 g/mol. The number of carboxylic acid groups (broad SMARTS) is 1. The molecular formula is C12H18N2O2S. The van der Waals surface area contributed by atoms with Gasteiger partial charge in [0.2, 0.25) is 0 Å². The Bertz CT molecular complexity index is 384. The van der Waals surface area contributed by atoms with E-state index in [2.05, 4.69) is 16.8 Å². The quantitative estimate of drug-likeness (QED) is 0.894. The van der Waals surface area contributed by atoms with Gasteiger partial charge in [0.25, 0.3) is 0 Å². The van der Waals surface area contributed by atoms with Crippen LogP contribution in [0.2, 0.25) is 0 Å². The van der Waals surface area contributed by atoms with Gasteiger partial charge in [-0.1, -0.05) is 6.92 Å². The maximum Gasteiger partial charge on any atom is 0.347 e. The molecule has 17 heavy (non-hydrogen) atoms. The second-order valence-corrected chi connectivity index (χ2v) is 5.81. The number of nitrogens with zero attached hydrogens (tertiary/aromatic N) is 2. The van der Waals surface area contributed by atoms with Crippen molar-refractivity contribution >= 4 is 17.3 Å². The molecule has 0 saturated carbocycles. The maximum absolute atomic E-state index is 10.7. The topological polar surface area (TPSA) is 53.4 Å². The first-order valence-corrected chi connectivity index (χ1v) is 6.87. The maximum atomic E-state index is 10.7. The summed E-state index contributed by atoms with van der Waals surface area (Å²) >= 11 is 1.29. The first-order chi connectivity index (χ1) is 8.15. The van der Waals surface area contributed by atoms with E-state index in [4.69, 9.17) is 5.11 Å². The van der Waals surface area contributed by atoms with Crippen LogP contribution in [-0.2, 0) is 6.42 Å². The molecule has 5 heteroatoms. The highest BCUT2D eigenvalue weighted by Gasteiger charge is 2.16.